The van der Waals surface area contributed by atoms with E-state index >= 15 is 0 Å². The summed E-state index contributed by atoms with van der Waals surface area (Å²) >= 11 is 0. The third-order valence-corrected chi connectivity index (χ3v) is 0.739. The van der Waals surface area contributed by atoms with Crippen molar-refractivity contribution >= 4 is 10.8 Å². The first-order chi connectivity index (χ1) is 2.77. The molecule has 2 nitrogen and oxygen atoms in total. The minimum absolute atomic E-state index is 0.139. The molecule has 0 N–H and O–H groups in total. The van der Waals surface area contributed by atoms with Crippen molar-refractivity contribution in [3.05, 3.63) is 11.4 Å². The monoisotopic (exact) mass is 103 g/mol. The van der Waals surface area contributed by atoms with Crippen molar-refractivity contribution in [2.24, 2.45) is 0 Å². The van der Waals surface area contributed by atoms with Gasteiger partial charge in [0.05, 0.1) is 10.8 Å². The van der Waals surface area contributed by atoms with E-state index in [0.29, 0.717) is 0 Å². The highest BCUT2D eigenvalue weighted by Crippen LogP contribution is 1.70. The molecule has 0 aliphatic rings. The molecule has 0 aromatic carbocycles. The second-order valence-electron chi connectivity index (χ2n) is 0.860. The third kappa shape index (κ3) is 3.64. The van der Waals surface area contributed by atoms with Crippen LogP contribution in [0.2, 0.25) is 0 Å². The van der Waals surface area contributed by atoms with Crippen molar-refractivity contribution < 1.29 is 4.21 Å². The van der Waals surface area contributed by atoms with Crippen LogP contribution in [0.5, 0.6) is 0 Å². The van der Waals surface area contributed by atoms with Gasteiger partial charge in [-0.25, -0.2) is 6.57 Å². The van der Waals surface area contributed by atoms with Crippen LogP contribution in [0.4, 0.5) is 0 Å². The Morgan fingerprint density at radius 1 is 2.00 bits per heavy atom. The zero-order valence-electron chi connectivity index (χ0n) is 3.47. The number of hydrogen-bond acceptors (Lipinski definition) is 1. The van der Waals surface area contributed by atoms with Crippen LogP contribution in [0.15, 0.2) is 0 Å². The number of nitrogens with zero attached hydrogens (tertiary/aromatic N) is 1. The van der Waals surface area contributed by atoms with Crippen molar-refractivity contribution in [3.63, 3.8) is 0 Å². The number of hydrogen-bond donors (Lipinski definition) is 0. The molecule has 0 radical (unpaired) electrons. The highest BCUT2D eigenvalue weighted by Gasteiger charge is 1.84. The molecule has 1 unspecified atom stereocenters. The summed E-state index contributed by atoms with van der Waals surface area (Å²) in [6.07, 6.45) is 1.51. The first-order valence-electron chi connectivity index (χ1n) is 1.40. The molecule has 0 amide bonds. The van der Waals surface area contributed by atoms with E-state index in [1.165, 1.54) is 6.26 Å². The van der Waals surface area contributed by atoms with E-state index < -0.39 is 10.8 Å². The van der Waals surface area contributed by atoms with Crippen LogP contribution >= 0.6 is 0 Å². The predicted octanol–water partition coefficient (Wildman–Crippen LogP) is 0.242. The molecule has 0 rings (SSSR count). The zero-order chi connectivity index (χ0) is 4.99. The van der Waals surface area contributed by atoms with Gasteiger partial charge in [0.25, 0.3) is 5.88 Å². The lowest BCUT2D eigenvalue weighted by Crippen LogP contribution is -1.84. The summed E-state index contributed by atoms with van der Waals surface area (Å²) in [6.45, 7) is 6.16. The Bertz CT molecular complexity index is 93.5. The summed E-state index contributed by atoms with van der Waals surface area (Å²) in [5.74, 6) is 0.139. The van der Waals surface area contributed by atoms with Crippen LogP contribution in [-0.2, 0) is 10.8 Å². The van der Waals surface area contributed by atoms with Crippen LogP contribution < -0.4 is 0 Å². The molecule has 0 spiro atoms. The predicted molar refractivity (Wildman–Crippen MR) is 25.5 cm³/mol. The Balaban J connectivity index is 3.13. The molecule has 0 aliphatic heterocycles. The highest BCUT2D eigenvalue weighted by molar-refractivity contribution is 7.84. The molecule has 34 valence electrons. The fourth-order valence-electron chi connectivity index (χ4n) is 0.0909. The van der Waals surface area contributed by atoms with E-state index in [2.05, 4.69) is 4.85 Å². The Kier molecular flexibility index (Phi) is 2.68. The lowest BCUT2D eigenvalue weighted by atomic mass is 11.4. The minimum Gasteiger partial charge on any atom is -0.302 e. The van der Waals surface area contributed by atoms with Crippen LogP contribution in [0.3, 0.4) is 0 Å². The average molecular weight is 103 g/mol. The summed E-state index contributed by atoms with van der Waals surface area (Å²) in [7, 11) is -0.920. The maximum Gasteiger partial charge on any atom is 0.287 e. The second-order valence-corrected chi connectivity index (χ2v) is 2.26. The first-order valence-corrected chi connectivity index (χ1v) is 3.13. The molecule has 0 aliphatic carbocycles. The zero-order valence-corrected chi connectivity index (χ0v) is 4.29. The van der Waals surface area contributed by atoms with E-state index in [4.69, 9.17) is 6.57 Å². The largest absolute Gasteiger partial charge is 0.302 e. The summed E-state index contributed by atoms with van der Waals surface area (Å²) in [5, 5.41) is 0. The molecular formula is C3H5NOS. The lowest BCUT2D eigenvalue weighted by molar-refractivity contribution is 0.688. The minimum atomic E-state index is -0.920. The number of rotatable bonds is 1. The van der Waals surface area contributed by atoms with E-state index in [1.54, 1.807) is 0 Å². The van der Waals surface area contributed by atoms with Crippen molar-refractivity contribution in [1.82, 2.24) is 0 Å². The van der Waals surface area contributed by atoms with Gasteiger partial charge in [-0.15, -0.1) is 0 Å². The van der Waals surface area contributed by atoms with E-state index in [0.717, 1.165) is 0 Å². The van der Waals surface area contributed by atoms with Gasteiger partial charge in [-0.05, 0) is 0 Å². The molecule has 0 heterocycles. The third-order valence-electron chi connectivity index (χ3n) is 0.246. The van der Waals surface area contributed by atoms with Gasteiger partial charge in [-0.1, -0.05) is 0 Å². The van der Waals surface area contributed by atoms with Gasteiger partial charge in [0.15, 0.2) is 0 Å². The maximum absolute atomic E-state index is 9.94. The van der Waals surface area contributed by atoms with Crippen LogP contribution in [0, 0.1) is 6.57 Å². The van der Waals surface area contributed by atoms with Crippen LogP contribution in [-0.4, -0.2) is 16.3 Å². The molecular weight excluding hydrogens is 98.1 g/mol. The Morgan fingerprint density at radius 2 is 2.50 bits per heavy atom. The summed E-state index contributed by atoms with van der Waals surface area (Å²) in [6, 6.07) is 0. The van der Waals surface area contributed by atoms with Gasteiger partial charge >= 0.3 is 0 Å². The summed E-state index contributed by atoms with van der Waals surface area (Å²) in [4.78, 5) is 2.89. The standard InChI is InChI=1S/C3H5NOS/c1-4-3-6(2)5/h3H2,2H3. The molecule has 0 saturated heterocycles. The van der Waals surface area contributed by atoms with E-state index in [1.807, 2.05) is 0 Å². The van der Waals surface area contributed by atoms with Crippen molar-refractivity contribution in [2.75, 3.05) is 12.1 Å². The molecule has 0 saturated carbocycles. The van der Waals surface area contributed by atoms with Gasteiger partial charge in [-0.3, -0.25) is 4.21 Å². The lowest BCUT2D eigenvalue weighted by Gasteiger charge is -1.70. The summed E-state index contributed by atoms with van der Waals surface area (Å²) < 4.78 is 9.94. The van der Waals surface area contributed by atoms with E-state index in [-0.39, 0.29) is 5.88 Å². The second kappa shape index (κ2) is 2.86. The van der Waals surface area contributed by atoms with Crippen molar-refractivity contribution in [3.8, 4) is 0 Å². The molecule has 0 fully saturated rings. The fraction of sp³-hybridized carbons (Fsp3) is 0.667. The van der Waals surface area contributed by atoms with Gasteiger partial charge in [0.1, 0.15) is 0 Å². The highest BCUT2D eigenvalue weighted by atomic mass is 32.2. The molecule has 0 bridgehead atoms. The quantitative estimate of drug-likeness (QED) is 0.436. The molecule has 0 aromatic rings. The summed E-state index contributed by atoms with van der Waals surface area (Å²) in [5.41, 5.74) is 0. The Labute approximate surface area is 39.4 Å². The topological polar surface area (TPSA) is 21.4 Å². The molecule has 0 aromatic heterocycles. The fourth-order valence-corrected chi connectivity index (χ4v) is 0.273. The van der Waals surface area contributed by atoms with Crippen LogP contribution in [0.25, 0.3) is 4.85 Å². The molecule has 6 heavy (non-hydrogen) atoms. The smallest absolute Gasteiger partial charge is 0.287 e. The normalized spacial score (nSPS) is 12.7. The van der Waals surface area contributed by atoms with Gasteiger partial charge in [0, 0.05) is 6.26 Å². The average Bonchev–Trinajstić information content (AvgIpc) is 1.35. The Hall–Kier alpha value is -0.360. The van der Waals surface area contributed by atoms with Gasteiger partial charge in [-0.2, -0.15) is 0 Å². The van der Waals surface area contributed by atoms with Gasteiger partial charge in [0.2, 0.25) is 0 Å². The Morgan fingerprint density at radius 3 is 2.50 bits per heavy atom. The SMILES string of the molecule is [C-]#[N+]CS(C)=O. The molecule has 3 heteroatoms. The van der Waals surface area contributed by atoms with Crippen molar-refractivity contribution in [1.29, 1.82) is 0 Å². The van der Waals surface area contributed by atoms with Crippen molar-refractivity contribution in [2.45, 2.75) is 0 Å². The van der Waals surface area contributed by atoms with E-state index in [9.17, 15) is 4.21 Å². The van der Waals surface area contributed by atoms with Gasteiger partial charge < -0.3 is 4.85 Å². The maximum atomic E-state index is 9.94. The van der Waals surface area contributed by atoms with Crippen LogP contribution in [0.1, 0.15) is 0 Å². The first kappa shape index (κ1) is 5.64. The molecule has 1 atom stereocenters.